The molecule has 96 valence electrons. The Balaban J connectivity index is 2.64. The standard InChI is InChI=1S/C10H18N4O3/c1-10(2,3)17-9(15)14-5-7(12-13-11)8(6-14)16-4/h7-8H,5-6H2,1-4H3. The second-order valence-electron chi connectivity index (χ2n) is 4.93. The molecule has 1 amide bonds. The molecule has 1 heterocycles. The van der Waals surface area contributed by atoms with Crippen LogP contribution in [0.4, 0.5) is 4.79 Å². The molecule has 1 fully saturated rings. The predicted molar refractivity (Wildman–Crippen MR) is 61.5 cm³/mol. The van der Waals surface area contributed by atoms with Crippen molar-refractivity contribution in [3.05, 3.63) is 10.4 Å². The summed E-state index contributed by atoms with van der Waals surface area (Å²) in [5, 5.41) is 3.61. The van der Waals surface area contributed by atoms with E-state index in [4.69, 9.17) is 15.0 Å². The molecule has 2 unspecified atom stereocenters. The highest BCUT2D eigenvalue weighted by Crippen LogP contribution is 2.19. The Morgan fingerprint density at radius 2 is 2.12 bits per heavy atom. The van der Waals surface area contributed by atoms with Gasteiger partial charge in [-0.15, -0.1) is 0 Å². The third-order valence-electron chi connectivity index (χ3n) is 2.39. The third-order valence-corrected chi connectivity index (χ3v) is 2.39. The van der Waals surface area contributed by atoms with Gasteiger partial charge < -0.3 is 14.4 Å². The van der Waals surface area contributed by atoms with Crippen molar-refractivity contribution in [1.29, 1.82) is 0 Å². The summed E-state index contributed by atoms with van der Waals surface area (Å²) in [5.74, 6) is 0. The van der Waals surface area contributed by atoms with E-state index in [-0.39, 0.29) is 12.1 Å². The van der Waals surface area contributed by atoms with Crippen LogP contribution in [0.5, 0.6) is 0 Å². The van der Waals surface area contributed by atoms with Gasteiger partial charge in [0, 0.05) is 18.6 Å². The molecule has 1 rings (SSSR count). The van der Waals surface area contributed by atoms with E-state index in [1.807, 2.05) is 0 Å². The molecule has 0 aromatic carbocycles. The number of likely N-dealkylation sites (tertiary alicyclic amines) is 1. The van der Waals surface area contributed by atoms with Crippen LogP contribution in [-0.4, -0.2) is 48.9 Å². The first kappa shape index (κ1) is 13.6. The summed E-state index contributed by atoms with van der Waals surface area (Å²) in [6.07, 6.45) is -0.673. The topological polar surface area (TPSA) is 87.5 Å². The maximum Gasteiger partial charge on any atom is 0.410 e. The normalized spacial score (nSPS) is 24.4. The van der Waals surface area contributed by atoms with Gasteiger partial charge in [0.1, 0.15) is 5.60 Å². The molecule has 0 aliphatic carbocycles. The van der Waals surface area contributed by atoms with Crippen LogP contribution >= 0.6 is 0 Å². The van der Waals surface area contributed by atoms with Crippen molar-refractivity contribution in [3.63, 3.8) is 0 Å². The van der Waals surface area contributed by atoms with Gasteiger partial charge in [-0.25, -0.2) is 4.79 Å². The minimum atomic E-state index is -0.532. The fourth-order valence-corrected chi connectivity index (χ4v) is 1.64. The molecule has 0 radical (unpaired) electrons. The number of hydrogen-bond donors (Lipinski definition) is 0. The first-order chi connectivity index (χ1) is 7.87. The van der Waals surface area contributed by atoms with Gasteiger partial charge in [-0.1, -0.05) is 5.11 Å². The third kappa shape index (κ3) is 3.80. The fourth-order valence-electron chi connectivity index (χ4n) is 1.64. The largest absolute Gasteiger partial charge is 0.444 e. The van der Waals surface area contributed by atoms with Gasteiger partial charge in [0.25, 0.3) is 0 Å². The molecule has 0 spiro atoms. The summed E-state index contributed by atoms with van der Waals surface area (Å²) in [5.41, 5.74) is 7.89. The van der Waals surface area contributed by atoms with Crippen LogP contribution in [0.25, 0.3) is 10.4 Å². The van der Waals surface area contributed by atoms with Crippen molar-refractivity contribution in [2.24, 2.45) is 5.11 Å². The highest BCUT2D eigenvalue weighted by Gasteiger charge is 2.36. The number of carbonyl (C=O) groups is 1. The lowest BCUT2D eigenvalue weighted by Gasteiger charge is -2.24. The molecule has 0 aromatic rings. The Bertz CT molecular complexity index is 333. The van der Waals surface area contributed by atoms with E-state index in [0.29, 0.717) is 13.1 Å². The lowest BCUT2D eigenvalue weighted by molar-refractivity contribution is 0.0252. The number of carbonyl (C=O) groups excluding carboxylic acids is 1. The molecule has 0 saturated carbocycles. The quantitative estimate of drug-likeness (QED) is 0.421. The molecule has 0 bridgehead atoms. The molecular formula is C10H18N4O3. The number of hydrogen-bond acceptors (Lipinski definition) is 4. The summed E-state index contributed by atoms with van der Waals surface area (Å²) < 4.78 is 10.4. The molecular weight excluding hydrogens is 224 g/mol. The summed E-state index contributed by atoms with van der Waals surface area (Å²) in [4.78, 5) is 16.0. The SMILES string of the molecule is COC1CN(C(=O)OC(C)(C)C)CC1N=[N+]=[N-]. The number of rotatable bonds is 2. The van der Waals surface area contributed by atoms with E-state index >= 15 is 0 Å². The van der Waals surface area contributed by atoms with Gasteiger partial charge in [-0.05, 0) is 26.3 Å². The van der Waals surface area contributed by atoms with Gasteiger partial charge in [-0.2, -0.15) is 0 Å². The smallest absolute Gasteiger partial charge is 0.410 e. The van der Waals surface area contributed by atoms with Crippen LogP contribution in [0.3, 0.4) is 0 Å². The van der Waals surface area contributed by atoms with Crippen LogP contribution in [0.15, 0.2) is 5.11 Å². The van der Waals surface area contributed by atoms with E-state index in [9.17, 15) is 4.79 Å². The highest BCUT2D eigenvalue weighted by molar-refractivity contribution is 5.68. The molecule has 7 nitrogen and oxygen atoms in total. The van der Waals surface area contributed by atoms with Crippen molar-refractivity contribution in [1.82, 2.24) is 4.90 Å². The van der Waals surface area contributed by atoms with Crippen molar-refractivity contribution >= 4 is 6.09 Å². The van der Waals surface area contributed by atoms with Crippen molar-refractivity contribution in [2.45, 2.75) is 38.5 Å². The maximum absolute atomic E-state index is 11.8. The zero-order valence-corrected chi connectivity index (χ0v) is 10.6. The molecule has 1 aliphatic rings. The van der Waals surface area contributed by atoms with Gasteiger partial charge >= 0.3 is 6.09 Å². The summed E-state index contributed by atoms with van der Waals surface area (Å²) in [7, 11) is 1.53. The van der Waals surface area contributed by atoms with Crippen LogP contribution < -0.4 is 0 Å². The average molecular weight is 242 g/mol. The summed E-state index contributed by atoms with van der Waals surface area (Å²) in [6.45, 7) is 6.13. The Labute approximate surface area is 100 Å². The van der Waals surface area contributed by atoms with Gasteiger partial charge in [0.2, 0.25) is 0 Å². The maximum atomic E-state index is 11.8. The van der Waals surface area contributed by atoms with Crippen LogP contribution in [0.1, 0.15) is 20.8 Å². The minimum Gasteiger partial charge on any atom is -0.444 e. The second-order valence-corrected chi connectivity index (χ2v) is 4.93. The number of azide groups is 1. The van der Waals surface area contributed by atoms with Crippen molar-refractivity contribution < 1.29 is 14.3 Å². The molecule has 17 heavy (non-hydrogen) atoms. The summed E-state index contributed by atoms with van der Waals surface area (Å²) in [6, 6.07) is -0.350. The molecule has 1 aliphatic heterocycles. The molecule has 1 saturated heterocycles. The van der Waals surface area contributed by atoms with Crippen LogP contribution in [0, 0.1) is 0 Å². The van der Waals surface area contributed by atoms with E-state index in [1.54, 1.807) is 20.8 Å². The Morgan fingerprint density at radius 3 is 2.59 bits per heavy atom. The fraction of sp³-hybridized carbons (Fsp3) is 0.900. The highest BCUT2D eigenvalue weighted by atomic mass is 16.6. The number of nitrogens with zero attached hydrogens (tertiary/aromatic N) is 4. The van der Waals surface area contributed by atoms with E-state index in [2.05, 4.69) is 10.0 Å². The molecule has 7 heteroatoms. The Morgan fingerprint density at radius 1 is 1.47 bits per heavy atom. The zero-order chi connectivity index (χ0) is 13.1. The number of amides is 1. The first-order valence-electron chi connectivity index (χ1n) is 5.42. The van der Waals surface area contributed by atoms with E-state index < -0.39 is 11.7 Å². The lowest BCUT2D eigenvalue weighted by atomic mass is 10.2. The van der Waals surface area contributed by atoms with E-state index in [1.165, 1.54) is 12.0 Å². The molecule has 0 N–H and O–H groups in total. The Kier molecular flexibility index (Phi) is 4.20. The average Bonchev–Trinajstić information content (AvgIpc) is 2.59. The molecule has 0 aromatic heterocycles. The van der Waals surface area contributed by atoms with Gasteiger partial charge in [-0.3, -0.25) is 0 Å². The van der Waals surface area contributed by atoms with Gasteiger partial charge in [0.15, 0.2) is 0 Å². The Hall–Kier alpha value is -1.46. The number of ether oxygens (including phenoxy) is 2. The van der Waals surface area contributed by atoms with Crippen LogP contribution in [0.2, 0.25) is 0 Å². The van der Waals surface area contributed by atoms with E-state index in [0.717, 1.165) is 0 Å². The lowest BCUT2D eigenvalue weighted by Crippen LogP contribution is -2.36. The van der Waals surface area contributed by atoms with Crippen molar-refractivity contribution in [3.8, 4) is 0 Å². The molecule has 2 atom stereocenters. The number of methoxy groups -OCH3 is 1. The first-order valence-corrected chi connectivity index (χ1v) is 5.42. The monoisotopic (exact) mass is 242 g/mol. The van der Waals surface area contributed by atoms with Crippen LogP contribution in [-0.2, 0) is 9.47 Å². The summed E-state index contributed by atoms with van der Waals surface area (Å²) >= 11 is 0. The van der Waals surface area contributed by atoms with Gasteiger partial charge in [0.05, 0.1) is 18.7 Å². The minimum absolute atomic E-state index is 0.265. The predicted octanol–water partition coefficient (Wildman–Crippen LogP) is 1.93. The zero-order valence-electron chi connectivity index (χ0n) is 10.6. The second kappa shape index (κ2) is 5.25. The van der Waals surface area contributed by atoms with Crippen molar-refractivity contribution in [2.75, 3.05) is 20.2 Å².